The summed E-state index contributed by atoms with van der Waals surface area (Å²) in [6, 6.07) is 11.8. The number of aromatic nitrogens is 1. The summed E-state index contributed by atoms with van der Waals surface area (Å²) in [5.41, 5.74) is 0.357. The summed E-state index contributed by atoms with van der Waals surface area (Å²) >= 11 is 0. The molecule has 3 atom stereocenters. The largest absolute Gasteiger partial charge is 0.488 e. The lowest BCUT2D eigenvalue weighted by Gasteiger charge is -2.38. The van der Waals surface area contributed by atoms with E-state index in [-0.39, 0.29) is 63.9 Å². The van der Waals surface area contributed by atoms with E-state index in [9.17, 15) is 26.7 Å². The van der Waals surface area contributed by atoms with Crippen molar-refractivity contribution in [2.75, 3.05) is 31.5 Å². The van der Waals surface area contributed by atoms with Crippen molar-refractivity contribution < 1.29 is 36.0 Å². The van der Waals surface area contributed by atoms with E-state index in [1.807, 2.05) is 6.92 Å². The number of fused-ring (bicyclic) bond motifs is 1. The fraction of sp³-hybridized carbons (Fsp3) is 0.407. The van der Waals surface area contributed by atoms with Gasteiger partial charge in [0.1, 0.15) is 17.5 Å². The van der Waals surface area contributed by atoms with Gasteiger partial charge in [-0.25, -0.2) is 16.8 Å². The highest BCUT2D eigenvalue weighted by atomic mass is 32.2. The number of sulfonamides is 2. The van der Waals surface area contributed by atoms with E-state index in [1.54, 1.807) is 25.1 Å². The molecule has 0 saturated heterocycles. The lowest BCUT2D eigenvalue weighted by Crippen LogP contribution is -2.50. The van der Waals surface area contributed by atoms with Crippen molar-refractivity contribution in [3.63, 3.8) is 0 Å². The molecule has 0 unspecified atom stereocenters. The molecule has 4 rings (SSSR count). The molecule has 222 valence electrons. The number of aryl methyl sites for hydroxylation is 2. The quantitative estimate of drug-likeness (QED) is 0.373. The molecule has 0 bridgehead atoms. The molecule has 2 N–H and O–H groups in total. The van der Waals surface area contributed by atoms with Gasteiger partial charge in [0.2, 0.25) is 10.0 Å². The maximum Gasteiger partial charge on any atom is 0.267 e. The zero-order valence-electron chi connectivity index (χ0n) is 23.4. The monoisotopic (exact) mass is 606 g/mol. The first kappa shape index (κ1) is 30.5. The number of aliphatic hydroxyl groups excluding tert-OH is 1. The fourth-order valence-corrected chi connectivity index (χ4v) is 7.28. The Balaban J connectivity index is 1.70. The van der Waals surface area contributed by atoms with Crippen molar-refractivity contribution in [2.24, 2.45) is 5.92 Å². The molecule has 12 nitrogen and oxygen atoms in total. The number of aliphatic hydroxyl groups is 1. The molecule has 0 spiro atoms. The van der Waals surface area contributed by atoms with Gasteiger partial charge in [0, 0.05) is 25.2 Å². The van der Waals surface area contributed by atoms with E-state index in [4.69, 9.17) is 9.26 Å². The van der Waals surface area contributed by atoms with Crippen LogP contribution in [0.1, 0.15) is 35.7 Å². The number of carbonyl (C=O) groups excluding carboxylic acids is 1. The number of ether oxygens (including phenoxy) is 1. The number of rotatable bonds is 9. The number of benzene rings is 2. The minimum Gasteiger partial charge on any atom is -0.488 e. The molecule has 0 radical (unpaired) electrons. The minimum atomic E-state index is -4.09. The molecule has 1 aliphatic heterocycles. The van der Waals surface area contributed by atoms with Crippen LogP contribution in [0.5, 0.6) is 5.75 Å². The molecule has 41 heavy (non-hydrogen) atoms. The second kappa shape index (κ2) is 11.8. The first-order chi connectivity index (χ1) is 19.3. The topological polar surface area (TPSA) is 159 Å². The van der Waals surface area contributed by atoms with Crippen LogP contribution < -0.4 is 9.46 Å². The average Bonchev–Trinajstić information content (AvgIpc) is 3.29. The van der Waals surface area contributed by atoms with Crippen molar-refractivity contribution in [1.82, 2.24) is 14.4 Å². The molecule has 2 heterocycles. The van der Waals surface area contributed by atoms with Crippen LogP contribution in [0.4, 0.5) is 5.69 Å². The lowest BCUT2D eigenvalue weighted by molar-refractivity contribution is 0.0387. The van der Waals surface area contributed by atoms with Crippen LogP contribution in [0.2, 0.25) is 0 Å². The Bertz CT molecular complexity index is 1600. The van der Waals surface area contributed by atoms with Gasteiger partial charge < -0.3 is 19.3 Å². The third kappa shape index (κ3) is 6.25. The van der Waals surface area contributed by atoms with Gasteiger partial charge in [0.15, 0.2) is 10.7 Å². The standard InChI is InChI=1S/C27H34N4O8S2/c1-17-14-31(18(2)16-32)27(33)23-13-21(29-40(34,35)26-19(3)28-39-20(26)4)11-12-24(23)38-25(17)15-30(5)41(36,37)22-9-7-6-8-10-22/h6-13,17-18,25,29,32H,14-16H2,1-5H3/t17-,18+,25-/m1/s1. The molecule has 14 heteroatoms. The van der Waals surface area contributed by atoms with Crippen LogP contribution in [0.25, 0.3) is 0 Å². The highest BCUT2D eigenvalue weighted by Gasteiger charge is 2.35. The SMILES string of the molecule is Cc1noc(C)c1S(=O)(=O)Nc1ccc2c(c1)C(=O)N([C@@H](C)CO)C[C@@H](C)[C@@H](CN(C)S(=O)(=O)c1ccccc1)O2. The summed E-state index contributed by atoms with van der Waals surface area (Å²) in [5.74, 6) is -0.509. The van der Waals surface area contributed by atoms with E-state index >= 15 is 0 Å². The average molecular weight is 607 g/mol. The predicted molar refractivity (Wildman–Crippen MR) is 151 cm³/mol. The van der Waals surface area contributed by atoms with Crippen LogP contribution in [0.15, 0.2) is 62.8 Å². The molecular weight excluding hydrogens is 572 g/mol. The van der Waals surface area contributed by atoms with Gasteiger partial charge in [0.05, 0.1) is 29.7 Å². The second-order valence-corrected chi connectivity index (χ2v) is 13.9. The molecule has 1 aromatic heterocycles. The number of hydrogen-bond donors (Lipinski definition) is 2. The molecule has 3 aromatic rings. The minimum absolute atomic E-state index is 0.0200. The number of nitrogens with zero attached hydrogens (tertiary/aromatic N) is 3. The Labute approximate surface area is 240 Å². The molecule has 1 amide bonds. The highest BCUT2D eigenvalue weighted by molar-refractivity contribution is 7.92. The first-order valence-corrected chi connectivity index (χ1v) is 15.9. The molecule has 0 fully saturated rings. The first-order valence-electron chi connectivity index (χ1n) is 13.0. The number of carbonyl (C=O) groups is 1. The van der Waals surface area contributed by atoms with E-state index in [0.29, 0.717) is 0 Å². The zero-order chi connectivity index (χ0) is 30.1. The van der Waals surface area contributed by atoms with Crippen molar-refractivity contribution in [3.8, 4) is 5.75 Å². The number of amides is 1. The predicted octanol–water partition coefficient (Wildman–Crippen LogP) is 2.63. The van der Waals surface area contributed by atoms with E-state index in [0.717, 1.165) is 0 Å². The summed E-state index contributed by atoms with van der Waals surface area (Å²) < 4.78 is 67.5. The maximum atomic E-state index is 13.7. The Morgan fingerprint density at radius 3 is 2.44 bits per heavy atom. The molecule has 2 aromatic carbocycles. The third-order valence-electron chi connectivity index (χ3n) is 7.04. The summed E-state index contributed by atoms with van der Waals surface area (Å²) in [6.45, 7) is 6.37. The second-order valence-electron chi connectivity index (χ2n) is 10.2. The molecular formula is C27H34N4O8S2. The molecule has 0 saturated carbocycles. The summed E-state index contributed by atoms with van der Waals surface area (Å²) in [5, 5.41) is 13.6. The number of hydrogen-bond acceptors (Lipinski definition) is 9. The number of nitrogens with one attached hydrogen (secondary N) is 1. The van der Waals surface area contributed by atoms with Gasteiger partial charge in [-0.1, -0.05) is 30.3 Å². The van der Waals surface area contributed by atoms with Crippen molar-refractivity contribution in [3.05, 3.63) is 65.5 Å². The molecule has 1 aliphatic rings. The van der Waals surface area contributed by atoms with Crippen LogP contribution in [0.3, 0.4) is 0 Å². The van der Waals surface area contributed by atoms with Crippen molar-refractivity contribution >= 4 is 31.6 Å². The van der Waals surface area contributed by atoms with Gasteiger partial charge in [-0.2, -0.15) is 4.31 Å². The van der Waals surface area contributed by atoms with Gasteiger partial charge in [-0.05, 0) is 51.1 Å². The van der Waals surface area contributed by atoms with Crippen molar-refractivity contribution in [2.45, 2.75) is 49.6 Å². The zero-order valence-corrected chi connectivity index (χ0v) is 25.1. The lowest BCUT2D eigenvalue weighted by atomic mass is 9.99. The van der Waals surface area contributed by atoms with Crippen LogP contribution >= 0.6 is 0 Å². The maximum absolute atomic E-state index is 13.7. The van der Waals surface area contributed by atoms with E-state index in [1.165, 1.54) is 60.4 Å². The van der Waals surface area contributed by atoms with Gasteiger partial charge in [-0.15, -0.1) is 0 Å². The molecule has 0 aliphatic carbocycles. The van der Waals surface area contributed by atoms with Gasteiger partial charge in [0.25, 0.3) is 15.9 Å². The van der Waals surface area contributed by atoms with E-state index < -0.39 is 38.1 Å². The van der Waals surface area contributed by atoms with Gasteiger partial charge in [-0.3, -0.25) is 9.52 Å². The van der Waals surface area contributed by atoms with Crippen LogP contribution in [-0.4, -0.2) is 81.1 Å². The third-order valence-corrected chi connectivity index (χ3v) is 10.5. The fourth-order valence-electron chi connectivity index (χ4n) is 4.69. The van der Waals surface area contributed by atoms with Crippen LogP contribution in [0, 0.1) is 19.8 Å². The Morgan fingerprint density at radius 2 is 1.83 bits per heavy atom. The Morgan fingerprint density at radius 1 is 1.15 bits per heavy atom. The van der Waals surface area contributed by atoms with E-state index in [2.05, 4.69) is 9.88 Å². The smallest absolute Gasteiger partial charge is 0.267 e. The highest BCUT2D eigenvalue weighted by Crippen LogP contribution is 2.32. The summed E-state index contributed by atoms with van der Waals surface area (Å²) in [7, 11) is -6.45. The summed E-state index contributed by atoms with van der Waals surface area (Å²) in [6.07, 6.45) is -0.677. The van der Waals surface area contributed by atoms with Crippen molar-refractivity contribution in [1.29, 1.82) is 0 Å². The summed E-state index contributed by atoms with van der Waals surface area (Å²) in [4.78, 5) is 15.2. The Hall–Kier alpha value is -3.46. The number of anilines is 1. The van der Waals surface area contributed by atoms with Crippen LogP contribution in [-0.2, 0) is 20.0 Å². The normalized spacial score (nSPS) is 18.8. The van der Waals surface area contributed by atoms with Gasteiger partial charge >= 0.3 is 0 Å². The number of likely N-dealkylation sites (N-methyl/N-ethyl adjacent to an activating group) is 1. The Kier molecular flexibility index (Phi) is 8.78.